The summed E-state index contributed by atoms with van der Waals surface area (Å²) in [6, 6.07) is 7.85. The largest absolute Gasteiger partial charge is 0.457 e. The second kappa shape index (κ2) is 4.00. The highest BCUT2D eigenvalue weighted by atomic mass is 16.7. The summed E-state index contributed by atoms with van der Waals surface area (Å²) in [5.74, 6) is -0.487. The lowest BCUT2D eigenvalue weighted by Gasteiger charge is -2.42. The van der Waals surface area contributed by atoms with E-state index < -0.39 is 5.79 Å². The average molecular weight is 236 g/mol. The molecule has 3 nitrogen and oxygen atoms in total. The molecule has 3 heteroatoms. The van der Waals surface area contributed by atoms with Crippen molar-refractivity contribution >= 4 is 0 Å². The van der Waals surface area contributed by atoms with Crippen LogP contribution in [-0.4, -0.2) is 23.6 Å². The molecule has 1 fully saturated rings. The Morgan fingerprint density at radius 3 is 2.24 bits per heavy atom. The van der Waals surface area contributed by atoms with Gasteiger partial charge in [0.1, 0.15) is 18.5 Å². The van der Waals surface area contributed by atoms with Gasteiger partial charge in [-0.3, -0.25) is 0 Å². The molecule has 2 rings (SSSR count). The van der Waals surface area contributed by atoms with Crippen LogP contribution >= 0.6 is 0 Å². The monoisotopic (exact) mass is 236 g/mol. The van der Waals surface area contributed by atoms with E-state index in [-0.39, 0.29) is 18.1 Å². The smallest absolute Gasteiger partial charge is 0.257 e. The molecular weight excluding hydrogens is 216 g/mol. The highest BCUT2D eigenvalue weighted by molar-refractivity contribution is 5.31. The first-order chi connectivity index (χ1) is 7.81. The van der Waals surface area contributed by atoms with Gasteiger partial charge in [-0.2, -0.15) is 0 Å². The Kier molecular flexibility index (Phi) is 2.92. The zero-order chi connectivity index (χ0) is 12.7. The Morgan fingerprint density at radius 1 is 1.29 bits per heavy atom. The van der Waals surface area contributed by atoms with E-state index in [9.17, 15) is 5.11 Å². The van der Waals surface area contributed by atoms with Crippen molar-refractivity contribution in [2.24, 2.45) is 0 Å². The van der Waals surface area contributed by atoms with Crippen molar-refractivity contribution in [3.8, 4) is 5.75 Å². The number of rotatable bonds is 2. The van der Waals surface area contributed by atoms with Gasteiger partial charge in [0, 0.05) is 0 Å². The molecule has 1 aromatic rings. The zero-order valence-electron chi connectivity index (χ0n) is 10.9. The van der Waals surface area contributed by atoms with Gasteiger partial charge in [-0.15, -0.1) is 0 Å². The van der Waals surface area contributed by atoms with Crippen molar-refractivity contribution in [3.63, 3.8) is 0 Å². The van der Waals surface area contributed by atoms with Crippen molar-refractivity contribution < 1.29 is 14.6 Å². The summed E-state index contributed by atoms with van der Waals surface area (Å²) < 4.78 is 10.7. The maximum atomic E-state index is 10.0. The highest BCUT2D eigenvalue weighted by Crippen LogP contribution is 2.30. The lowest BCUT2D eigenvalue weighted by Crippen LogP contribution is -2.60. The summed E-state index contributed by atoms with van der Waals surface area (Å²) in [6.45, 7) is 8.52. The summed E-state index contributed by atoms with van der Waals surface area (Å²) in [6.07, 6.45) is -0.273. The minimum Gasteiger partial charge on any atom is -0.457 e. The topological polar surface area (TPSA) is 38.7 Å². The van der Waals surface area contributed by atoms with Crippen molar-refractivity contribution in [3.05, 3.63) is 29.8 Å². The molecule has 2 atom stereocenters. The summed E-state index contributed by atoms with van der Waals surface area (Å²) in [4.78, 5) is 0. The van der Waals surface area contributed by atoms with E-state index in [2.05, 4.69) is 20.8 Å². The molecule has 1 aromatic carbocycles. The fraction of sp³-hybridized carbons (Fsp3) is 0.571. The maximum absolute atomic E-state index is 10.0. The predicted octanol–water partition coefficient (Wildman–Crippen LogP) is 2.47. The molecule has 17 heavy (non-hydrogen) atoms. The Labute approximate surface area is 102 Å². The fourth-order valence-electron chi connectivity index (χ4n) is 1.73. The molecule has 0 saturated carbocycles. The minimum atomic E-state index is -1.16. The van der Waals surface area contributed by atoms with Crippen molar-refractivity contribution in [2.45, 2.75) is 45.0 Å². The van der Waals surface area contributed by atoms with Crippen LogP contribution in [0.5, 0.6) is 5.75 Å². The van der Waals surface area contributed by atoms with Crippen molar-refractivity contribution in [1.29, 1.82) is 0 Å². The molecule has 1 saturated heterocycles. The molecule has 0 aliphatic carbocycles. The second-order valence-corrected chi connectivity index (χ2v) is 5.67. The lowest BCUT2D eigenvalue weighted by molar-refractivity contribution is -0.321. The number of aliphatic hydroxyl groups is 1. The molecular formula is C14H20O3. The molecule has 1 aliphatic rings. The van der Waals surface area contributed by atoms with Crippen molar-refractivity contribution in [1.82, 2.24) is 0 Å². The van der Waals surface area contributed by atoms with E-state index in [0.717, 1.165) is 0 Å². The third-order valence-electron chi connectivity index (χ3n) is 3.19. The molecule has 94 valence electrons. The van der Waals surface area contributed by atoms with Gasteiger partial charge in [-0.25, -0.2) is 0 Å². The number of hydrogen-bond acceptors (Lipinski definition) is 3. The van der Waals surface area contributed by atoms with E-state index in [1.165, 1.54) is 5.56 Å². The first kappa shape index (κ1) is 12.4. The molecule has 0 amide bonds. The third-order valence-corrected chi connectivity index (χ3v) is 3.19. The molecule has 1 aliphatic heterocycles. The molecule has 0 aromatic heterocycles. The van der Waals surface area contributed by atoms with Gasteiger partial charge in [0.25, 0.3) is 5.79 Å². The molecule has 0 spiro atoms. The normalized spacial score (nSPS) is 28.6. The highest BCUT2D eigenvalue weighted by Gasteiger charge is 2.46. The van der Waals surface area contributed by atoms with Crippen molar-refractivity contribution in [2.75, 3.05) is 6.61 Å². The second-order valence-electron chi connectivity index (χ2n) is 5.67. The van der Waals surface area contributed by atoms with Gasteiger partial charge in [0.15, 0.2) is 0 Å². The van der Waals surface area contributed by atoms with Gasteiger partial charge in [-0.05, 0) is 30.0 Å². The first-order valence-corrected chi connectivity index (χ1v) is 5.95. The molecule has 1 N–H and O–H groups in total. The van der Waals surface area contributed by atoms with Crippen LogP contribution < -0.4 is 4.74 Å². The number of hydrogen-bond donors (Lipinski definition) is 1. The van der Waals surface area contributed by atoms with Crippen LogP contribution in [0.4, 0.5) is 0 Å². The molecule has 1 heterocycles. The summed E-state index contributed by atoms with van der Waals surface area (Å²) in [5, 5.41) is 10.0. The van der Waals surface area contributed by atoms with E-state index in [1.807, 2.05) is 24.3 Å². The maximum Gasteiger partial charge on any atom is 0.257 e. The van der Waals surface area contributed by atoms with E-state index in [1.54, 1.807) is 6.92 Å². The Hall–Kier alpha value is -1.06. The summed E-state index contributed by atoms with van der Waals surface area (Å²) >= 11 is 0. The lowest BCUT2D eigenvalue weighted by atomic mass is 9.87. The van der Waals surface area contributed by atoms with Gasteiger partial charge in [0.05, 0.1) is 0 Å². The quantitative estimate of drug-likeness (QED) is 0.802. The van der Waals surface area contributed by atoms with Gasteiger partial charge >= 0.3 is 0 Å². The van der Waals surface area contributed by atoms with Gasteiger partial charge in [-0.1, -0.05) is 32.9 Å². The molecule has 2 unspecified atom stereocenters. The number of benzene rings is 1. The standard InChI is InChI=1S/C14H20O3/c1-10-14(15,9-16-10)17-12-7-5-11(6-8-12)13(2,3)4/h5-8,10,15H,9H2,1-4H3. The average Bonchev–Trinajstić information content (AvgIpc) is 2.26. The fourth-order valence-corrected chi connectivity index (χ4v) is 1.73. The zero-order valence-corrected chi connectivity index (χ0v) is 10.9. The van der Waals surface area contributed by atoms with Crippen LogP contribution in [0.15, 0.2) is 24.3 Å². The summed E-state index contributed by atoms with van der Waals surface area (Å²) in [5.41, 5.74) is 1.37. The van der Waals surface area contributed by atoms with Crippen LogP contribution in [0.25, 0.3) is 0 Å². The van der Waals surface area contributed by atoms with Gasteiger partial charge in [0.2, 0.25) is 0 Å². The Bertz CT molecular complexity index is 391. The van der Waals surface area contributed by atoms with Crippen LogP contribution in [-0.2, 0) is 10.2 Å². The van der Waals surface area contributed by atoms with Crippen LogP contribution in [0.1, 0.15) is 33.3 Å². The van der Waals surface area contributed by atoms with Crippen LogP contribution in [0.2, 0.25) is 0 Å². The molecule has 0 radical (unpaired) electrons. The predicted molar refractivity (Wildman–Crippen MR) is 66.1 cm³/mol. The minimum absolute atomic E-state index is 0.127. The van der Waals surface area contributed by atoms with Crippen LogP contribution in [0, 0.1) is 0 Å². The number of ether oxygens (including phenoxy) is 2. The van der Waals surface area contributed by atoms with E-state index in [0.29, 0.717) is 5.75 Å². The molecule has 0 bridgehead atoms. The Balaban J connectivity index is 2.09. The van der Waals surface area contributed by atoms with E-state index in [4.69, 9.17) is 9.47 Å². The van der Waals surface area contributed by atoms with E-state index >= 15 is 0 Å². The van der Waals surface area contributed by atoms with Gasteiger partial charge < -0.3 is 14.6 Å². The third kappa shape index (κ3) is 2.45. The Morgan fingerprint density at radius 2 is 1.88 bits per heavy atom. The van der Waals surface area contributed by atoms with Crippen LogP contribution in [0.3, 0.4) is 0 Å². The summed E-state index contributed by atoms with van der Waals surface area (Å²) in [7, 11) is 0. The SMILES string of the molecule is CC1OCC1(O)Oc1ccc(C(C)(C)C)cc1. The first-order valence-electron chi connectivity index (χ1n) is 5.95.